The summed E-state index contributed by atoms with van der Waals surface area (Å²) in [4.78, 5) is 12.2. The van der Waals surface area contributed by atoms with Crippen LogP contribution in [0.25, 0.3) is 0 Å². The van der Waals surface area contributed by atoms with Crippen LogP contribution in [0.2, 0.25) is 10.0 Å². The summed E-state index contributed by atoms with van der Waals surface area (Å²) in [6, 6.07) is 20.9. The Morgan fingerprint density at radius 1 is 0.889 bits per heavy atom. The number of carbonyl (C=O) groups is 1. The number of anilines is 1. The summed E-state index contributed by atoms with van der Waals surface area (Å²) in [7, 11) is 0. The number of ether oxygens (including phenoxy) is 1. The molecule has 0 aromatic heterocycles. The third kappa shape index (κ3) is 5.44. The van der Waals surface area contributed by atoms with Gasteiger partial charge in [0, 0.05) is 15.6 Å². The smallest absolute Gasteiger partial charge is 0.257 e. The summed E-state index contributed by atoms with van der Waals surface area (Å²) in [5.74, 6) is 0.696. The van der Waals surface area contributed by atoms with E-state index in [9.17, 15) is 4.79 Å². The molecule has 1 amide bonds. The van der Waals surface area contributed by atoms with Gasteiger partial charge in [-0.1, -0.05) is 53.5 Å². The molecule has 3 rings (SSSR count). The second-order valence-electron chi connectivity index (χ2n) is 5.48. The molecule has 3 aromatic rings. The van der Waals surface area contributed by atoms with Gasteiger partial charge in [-0.25, -0.2) is 0 Å². The Balaban J connectivity index is 1.72. The monoisotopic (exact) mass is 416 g/mol. The maximum Gasteiger partial charge on any atom is 0.257 e. The van der Waals surface area contributed by atoms with Crippen LogP contribution in [0.4, 0.5) is 5.69 Å². The van der Waals surface area contributed by atoms with Crippen molar-refractivity contribution in [2.45, 2.75) is 0 Å². The Kier molecular flexibility index (Phi) is 6.29. The van der Waals surface area contributed by atoms with Crippen LogP contribution >= 0.6 is 35.4 Å². The Labute approximate surface area is 172 Å². The lowest BCUT2D eigenvalue weighted by Crippen LogP contribution is -2.34. The number of halogens is 2. The molecule has 0 atom stereocenters. The van der Waals surface area contributed by atoms with Crippen LogP contribution in [-0.4, -0.2) is 11.0 Å². The summed E-state index contributed by atoms with van der Waals surface area (Å²) in [5, 5.41) is 6.70. The first kappa shape index (κ1) is 19.2. The van der Waals surface area contributed by atoms with Crippen molar-refractivity contribution < 1.29 is 9.53 Å². The number of amides is 1. The fourth-order valence-electron chi connectivity index (χ4n) is 2.29. The Morgan fingerprint density at radius 2 is 1.52 bits per heavy atom. The van der Waals surface area contributed by atoms with Gasteiger partial charge in [0.1, 0.15) is 5.75 Å². The van der Waals surface area contributed by atoms with Crippen molar-refractivity contribution in [1.82, 2.24) is 5.32 Å². The highest BCUT2D eigenvalue weighted by Gasteiger charge is 2.10. The van der Waals surface area contributed by atoms with Crippen LogP contribution < -0.4 is 15.4 Å². The molecule has 136 valence electrons. The molecule has 2 N–H and O–H groups in total. The molecule has 3 aromatic carbocycles. The van der Waals surface area contributed by atoms with E-state index in [0.29, 0.717) is 32.8 Å². The number of para-hydroxylation sites is 2. The van der Waals surface area contributed by atoms with Crippen molar-refractivity contribution in [3.8, 4) is 11.5 Å². The number of hydrogen-bond acceptors (Lipinski definition) is 3. The quantitative estimate of drug-likeness (QED) is 0.518. The number of nitrogens with one attached hydrogen (secondary N) is 2. The van der Waals surface area contributed by atoms with Gasteiger partial charge < -0.3 is 10.1 Å². The first-order valence-electron chi connectivity index (χ1n) is 7.91. The summed E-state index contributed by atoms with van der Waals surface area (Å²) in [6.45, 7) is 0. The fraction of sp³-hybridized carbons (Fsp3) is 0. The van der Waals surface area contributed by atoms with Gasteiger partial charge in [0.25, 0.3) is 5.91 Å². The van der Waals surface area contributed by atoms with Crippen LogP contribution in [0, 0.1) is 0 Å². The second-order valence-corrected chi connectivity index (χ2v) is 6.76. The van der Waals surface area contributed by atoms with E-state index in [1.54, 1.807) is 54.6 Å². The molecule has 0 aliphatic heterocycles. The van der Waals surface area contributed by atoms with Gasteiger partial charge in [-0.3, -0.25) is 10.1 Å². The molecule has 0 unspecified atom stereocenters. The van der Waals surface area contributed by atoms with Crippen molar-refractivity contribution >= 4 is 52.1 Å². The van der Waals surface area contributed by atoms with Crippen LogP contribution in [0.5, 0.6) is 11.5 Å². The van der Waals surface area contributed by atoms with Crippen molar-refractivity contribution in [3.63, 3.8) is 0 Å². The minimum Gasteiger partial charge on any atom is -0.455 e. The first-order valence-corrected chi connectivity index (χ1v) is 9.08. The lowest BCUT2D eigenvalue weighted by molar-refractivity contribution is 0.0977. The zero-order valence-electron chi connectivity index (χ0n) is 13.9. The zero-order valence-corrected chi connectivity index (χ0v) is 16.2. The number of benzene rings is 3. The summed E-state index contributed by atoms with van der Waals surface area (Å²) in [6.07, 6.45) is 0. The largest absolute Gasteiger partial charge is 0.455 e. The molecule has 4 nitrogen and oxygen atoms in total. The Bertz CT molecular complexity index is 960. The van der Waals surface area contributed by atoms with E-state index in [1.807, 2.05) is 18.2 Å². The number of hydrogen-bond donors (Lipinski definition) is 2. The van der Waals surface area contributed by atoms with Crippen molar-refractivity contribution in [1.29, 1.82) is 0 Å². The molecule has 27 heavy (non-hydrogen) atoms. The van der Waals surface area contributed by atoms with E-state index < -0.39 is 0 Å². The summed E-state index contributed by atoms with van der Waals surface area (Å²) >= 11 is 17.3. The first-order chi connectivity index (χ1) is 13.0. The number of thiocarbonyl (C=S) groups is 1. The highest BCUT2D eigenvalue weighted by Crippen LogP contribution is 2.32. The predicted octanol–water partition coefficient (Wildman–Crippen LogP) is 5.91. The van der Waals surface area contributed by atoms with E-state index in [-0.39, 0.29) is 11.0 Å². The lowest BCUT2D eigenvalue weighted by atomic mass is 10.2. The third-order valence-electron chi connectivity index (χ3n) is 3.46. The minimum atomic E-state index is -0.298. The molecular formula is C20H14Cl2N2O2S. The van der Waals surface area contributed by atoms with Gasteiger partial charge in [-0.05, 0) is 54.7 Å². The second kappa shape index (κ2) is 8.86. The highest BCUT2D eigenvalue weighted by atomic mass is 35.5. The van der Waals surface area contributed by atoms with E-state index in [0.717, 1.165) is 0 Å². The van der Waals surface area contributed by atoms with Crippen molar-refractivity contribution in [3.05, 3.63) is 88.4 Å². The molecule has 0 heterocycles. The standard InChI is InChI=1S/C20H14Cl2N2O2S/c21-14-10-15(22)12-16(11-14)26-18-9-5-4-8-17(18)23-20(27)24-19(25)13-6-2-1-3-7-13/h1-12H,(H2,23,24,25,27). The van der Waals surface area contributed by atoms with E-state index in [2.05, 4.69) is 10.6 Å². The van der Waals surface area contributed by atoms with E-state index in [4.69, 9.17) is 40.2 Å². The zero-order chi connectivity index (χ0) is 19.2. The predicted molar refractivity (Wildman–Crippen MR) is 113 cm³/mol. The highest BCUT2D eigenvalue weighted by molar-refractivity contribution is 7.80. The molecule has 0 aliphatic rings. The Morgan fingerprint density at radius 3 is 2.22 bits per heavy atom. The molecule has 0 aliphatic carbocycles. The van der Waals surface area contributed by atoms with Gasteiger partial charge in [0.2, 0.25) is 0 Å². The van der Waals surface area contributed by atoms with Gasteiger partial charge in [0.05, 0.1) is 5.69 Å². The van der Waals surface area contributed by atoms with Gasteiger partial charge >= 0.3 is 0 Å². The molecule has 0 saturated heterocycles. The molecule has 7 heteroatoms. The molecule has 0 bridgehead atoms. The van der Waals surface area contributed by atoms with Gasteiger partial charge in [-0.2, -0.15) is 0 Å². The maximum absolute atomic E-state index is 12.2. The SMILES string of the molecule is O=C(NC(=S)Nc1ccccc1Oc1cc(Cl)cc(Cl)c1)c1ccccc1. The summed E-state index contributed by atoms with van der Waals surface area (Å²) in [5.41, 5.74) is 1.10. The van der Waals surface area contributed by atoms with Crippen LogP contribution in [0.15, 0.2) is 72.8 Å². The lowest BCUT2D eigenvalue weighted by Gasteiger charge is -2.14. The van der Waals surface area contributed by atoms with Crippen LogP contribution in [0.3, 0.4) is 0 Å². The molecule has 0 saturated carbocycles. The molecular weight excluding hydrogens is 403 g/mol. The molecule has 0 fully saturated rings. The third-order valence-corrected chi connectivity index (χ3v) is 4.10. The van der Waals surface area contributed by atoms with Gasteiger partial charge in [-0.15, -0.1) is 0 Å². The molecule has 0 spiro atoms. The minimum absolute atomic E-state index is 0.157. The van der Waals surface area contributed by atoms with Crippen molar-refractivity contribution in [2.24, 2.45) is 0 Å². The summed E-state index contributed by atoms with van der Waals surface area (Å²) < 4.78 is 5.86. The average molecular weight is 417 g/mol. The maximum atomic E-state index is 12.2. The average Bonchev–Trinajstić information content (AvgIpc) is 2.63. The van der Waals surface area contributed by atoms with Crippen LogP contribution in [-0.2, 0) is 0 Å². The van der Waals surface area contributed by atoms with Gasteiger partial charge in [0.15, 0.2) is 10.9 Å². The normalized spacial score (nSPS) is 10.1. The fourth-order valence-corrected chi connectivity index (χ4v) is 3.00. The van der Waals surface area contributed by atoms with E-state index >= 15 is 0 Å². The van der Waals surface area contributed by atoms with Crippen LogP contribution in [0.1, 0.15) is 10.4 Å². The molecule has 0 radical (unpaired) electrons. The van der Waals surface area contributed by atoms with Crippen molar-refractivity contribution in [2.75, 3.05) is 5.32 Å². The number of rotatable bonds is 4. The topological polar surface area (TPSA) is 50.4 Å². The van der Waals surface area contributed by atoms with E-state index in [1.165, 1.54) is 0 Å². The number of carbonyl (C=O) groups excluding carboxylic acids is 1. The Hall–Kier alpha value is -2.60.